The van der Waals surface area contributed by atoms with Crippen LogP contribution in [-0.4, -0.2) is 23.5 Å². The van der Waals surface area contributed by atoms with Gasteiger partial charge >= 0.3 is 0 Å². The van der Waals surface area contributed by atoms with Crippen LogP contribution in [0.5, 0.6) is 0 Å². The monoisotopic (exact) mass is 261 g/mol. The Balaban J connectivity index is 3.02. The molecule has 0 unspecified atom stereocenters. The van der Waals surface area contributed by atoms with E-state index < -0.39 is 0 Å². The van der Waals surface area contributed by atoms with Gasteiger partial charge in [-0.1, -0.05) is 45.1 Å². The third-order valence-corrected chi connectivity index (χ3v) is 4.19. The van der Waals surface area contributed by atoms with Crippen LogP contribution in [0.4, 0.5) is 0 Å². The standard InChI is InChI=1S/C18H31N/c1-9-15-13-19(18(6,7)8)11-10-16(15)12-14(2)17(3,4)5/h9,12H,1,10-11,13H2,2-8H3/b14-12+. The van der Waals surface area contributed by atoms with Crippen molar-refractivity contribution in [2.45, 2.75) is 60.4 Å². The SMILES string of the molecule is C=CC1=C(/C=C(\C)C(C)(C)C)CCN(C(C)(C)C)C1. The molecule has 0 saturated carbocycles. The molecule has 0 aromatic carbocycles. The van der Waals surface area contributed by atoms with Crippen LogP contribution in [0.2, 0.25) is 0 Å². The Bertz CT molecular complexity index is 396. The number of rotatable bonds is 2. The molecule has 0 radical (unpaired) electrons. The summed E-state index contributed by atoms with van der Waals surface area (Å²) in [6, 6.07) is 0. The van der Waals surface area contributed by atoms with Gasteiger partial charge in [-0.05, 0) is 50.7 Å². The van der Waals surface area contributed by atoms with Gasteiger partial charge in [0.05, 0.1) is 0 Å². The van der Waals surface area contributed by atoms with Crippen molar-refractivity contribution >= 4 is 0 Å². The summed E-state index contributed by atoms with van der Waals surface area (Å²) in [5.41, 5.74) is 4.81. The van der Waals surface area contributed by atoms with Crippen molar-refractivity contribution in [2.75, 3.05) is 13.1 Å². The number of hydrogen-bond donors (Lipinski definition) is 0. The second-order valence-electron chi connectivity index (χ2n) is 7.67. The summed E-state index contributed by atoms with van der Waals surface area (Å²) in [7, 11) is 0. The van der Waals surface area contributed by atoms with Gasteiger partial charge in [0.1, 0.15) is 0 Å². The third kappa shape index (κ3) is 4.35. The van der Waals surface area contributed by atoms with Gasteiger partial charge in [-0.3, -0.25) is 4.90 Å². The molecule has 0 atom stereocenters. The highest BCUT2D eigenvalue weighted by Gasteiger charge is 2.26. The van der Waals surface area contributed by atoms with E-state index in [0.717, 1.165) is 19.5 Å². The highest BCUT2D eigenvalue weighted by Crippen LogP contribution is 2.30. The fourth-order valence-corrected chi connectivity index (χ4v) is 2.21. The van der Waals surface area contributed by atoms with Crippen molar-refractivity contribution in [2.24, 2.45) is 5.41 Å². The molecule has 0 aromatic rings. The van der Waals surface area contributed by atoms with Crippen molar-refractivity contribution < 1.29 is 0 Å². The molecule has 1 nitrogen and oxygen atoms in total. The minimum Gasteiger partial charge on any atom is -0.294 e. The third-order valence-electron chi connectivity index (χ3n) is 4.19. The molecule has 0 bridgehead atoms. The first kappa shape index (κ1) is 16.2. The highest BCUT2D eigenvalue weighted by atomic mass is 15.2. The Kier molecular flexibility index (Phi) is 4.84. The number of hydrogen-bond acceptors (Lipinski definition) is 1. The molecule has 1 heteroatoms. The smallest absolute Gasteiger partial charge is 0.0241 e. The van der Waals surface area contributed by atoms with Gasteiger partial charge in [-0.25, -0.2) is 0 Å². The number of nitrogens with zero attached hydrogens (tertiary/aromatic N) is 1. The molecule has 1 rings (SSSR count). The molecule has 0 aliphatic carbocycles. The Morgan fingerprint density at radius 3 is 2.11 bits per heavy atom. The van der Waals surface area contributed by atoms with E-state index in [1.807, 2.05) is 6.08 Å². The van der Waals surface area contributed by atoms with E-state index in [9.17, 15) is 0 Å². The first-order valence-corrected chi connectivity index (χ1v) is 7.34. The summed E-state index contributed by atoms with van der Waals surface area (Å²) >= 11 is 0. The van der Waals surface area contributed by atoms with Crippen LogP contribution in [0.25, 0.3) is 0 Å². The molecular weight excluding hydrogens is 230 g/mol. The molecule has 1 heterocycles. The minimum absolute atomic E-state index is 0.239. The second kappa shape index (κ2) is 5.66. The van der Waals surface area contributed by atoms with E-state index >= 15 is 0 Å². The molecule has 0 aromatic heterocycles. The van der Waals surface area contributed by atoms with Gasteiger partial charge in [-0.15, -0.1) is 0 Å². The lowest BCUT2D eigenvalue weighted by Crippen LogP contribution is -2.45. The van der Waals surface area contributed by atoms with Gasteiger partial charge < -0.3 is 0 Å². The predicted molar refractivity (Wildman–Crippen MR) is 86.4 cm³/mol. The lowest BCUT2D eigenvalue weighted by atomic mass is 9.84. The van der Waals surface area contributed by atoms with Crippen molar-refractivity contribution in [3.8, 4) is 0 Å². The van der Waals surface area contributed by atoms with Crippen LogP contribution in [0, 0.1) is 5.41 Å². The van der Waals surface area contributed by atoms with E-state index in [1.165, 1.54) is 16.7 Å². The zero-order valence-electron chi connectivity index (χ0n) is 13.9. The van der Waals surface area contributed by atoms with Crippen LogP contribution in [0.3, 0.4) is 0 Å². The molecule has 1 aliphatic rings. The molecule has 1 aliphatic heterocycles. The van der Waals surface area contributed by atoms with Crippen molar-refractivity contribution in [3.05, 3.63) is 35.5 Å². The summed E-state index contributed by atoms with van der Waals surface area (Å²) in [6.45, 7) is 22.1. The Hall–Kier alpha value is -0.820. The highest BCUT2D eigenvalue weighted by molar-refractivity contribution is 5.38. The average Bonchev–Trinajstić information content (AvgIpc) is 2.26. The van der Waals surface area contributed by atoms with E-state index in [0.29, 0.717) is 0 Å². The average molecular weight is 261 g/mol. The maximum atomic E-state index is 4.01. The fraction of sp³-hybridized carbons (Fsp3) is 0.667. The van der Waals surface area contributed by atoms with Gasteiger partial charge in [0.15, 0.2) is 0 Å². The zero-order chi connectivity index (χ0) is 14.8. The summed E-state index contributed by atoms with van der Waals surface area (Å²) in [5.74, 6) is 0. The van der Waals surface area contributed by atoms with Gasteiger partial charge in [0.25, 0.3) is 0 Å². The summed E-state index contributed by atoms with van der Waals surface area (Å²) in [6.07, 6.45) is 5.56. The topological polar surface area (TPSA) is 3.24 Å². The predicted octanol–water partition coefficient (Wildman–Crippen LogP) is 4.97. The van der Waals surface area contributed by atoms with Crippen molar-refractivity contribution in [3.63, 3.8) is 0 Å². The molecular formula is C18H31N. The molecule has 0 amide bonds. The van der Waals surface area contributed by atoms with Crippen LogP contribution >= 0.6 is 0 Å². The molecule has 0 spiro atoms. The van der Waals surface area contributed by atoms with Crippen LogP contribution in [0.15, 0.2) is 35.5 Å². The summed E-state index contributed by atoms with van der Waals surface area (Å²) < 4.78 is 0. The van der Waals surface area contributed by atoms with Crippen molar-refractivity contribution in [1.29, 1.82) is 0 Å². The summed E-state index contributed by atoms with van der Waals surface area (Å²) in [4.78, 5) is 2.54. The van der Waals surface area contributed by atoms with E-state index in [4.69, 9.17) is 0 Å². The van der Waals surface area contributed by atoms with Gasteiger partial charge in [0, 0.05) is 18.6 Å². The molecule has 19 heavy (non-hydrogen) atoms. The Labute approximate surface area is 120 Å². The van der Waals surface area contributed by atoms with Crippen LogP contribution in [0.1, 0.15) is 54.9 Å². The van der Waals surface area contributed by atoms with Gasteiger partial charge in [0.2, 0.25) is 0 Å². The first-order valence-electron chi connectivity index (χ1n) is 7.34. The zero-order valence-corrected chi connectivity index (χ0v) is 13.9. The Morgan fingerprint density at radius 1 is 1.11 bits per heavy atom. The number of allylic oxidation sites excluding steroid dienone is 2. The van der Waals surface area contributed by atoms with Crippen LogP contribution < -0.4 is 0 Å². The van der Waals surface area contributed by atoms with Gasteiger partial charge in [-0.2, -0.15) is 0 Å². The van der Waals surface area contributed by atoms with E-state index in [1.54, 1.807) is 0 Å². The first-order chi connectivity index (χ1) is 8.55. The normalized spacial score (nSPS) is 19.8. The molecule has 0 N–H and O–H groups in total. The Morgan fingerprint density at radius 2 is 1.68 bits per heavy atom. The molecule has 0 saturated heterocycles. The quantitative estimate of drug-likeness (QED) is 0.678. The summed E-state index contributed by atoms with van der Waals surface area (Å²) in [5, 5.41) is 0. The molecule has 108 valence electrons. The fourth-order valence-electron chi connectivity index (χ4n) is 2.21. The van der Waals surface area contributed by atoms with Crippen molar-refractivity contribution in [1.82, 2.24) is 4.90 Å². The maximum absolute atomic E-state index is 4.01. The van der Waals surface area contributed by atoms with Crippen LogP contribution in [-0.2, 0) is 0 Å². The van der Waals surface area contributed by atoms with E-state index in [2.05, 4.69) is 66.0 Å². The maximum Gasteiger partial charge on any atom is 0.0241 e. The largest absolute Gasteiger partial charge is 0.294 e. The lowest BCUT2D eigenvalue weighted by Gasteiger charge is -2.39. The molecule has 0 fully saturated rings. The minimum atomic E-state index is 0.239. The second-order valence-corrected chi connectivity index (χ2v) is 7.67. The lowest BCUT2D eigenvalue weighted by molar-refractivity contribution is 0.146. The van der Waals surface area contributed by atoms with E-state index in [-0.39, 0.29) is 11.0 Å².